The van der Waals surface area contributed by atoms with Crippen molar-refractivity contribution in [2.45, 2.75) is 83.5 Å². The molecule has 0 aromatic rings. The number of terminal acetylenes is 1. The van der Waals surface area contributed by atoms with Crippen LogP contribution in [0.25, 0.3) is 0 Å². The molecule has 1 unspecified atom stereocenters. The largest absolute Gasteiger partial charge is 0.444 e. The molecule has 0 spiro atoms. The maximum Gasteiger partial charge on any atom is 0.408 e. The van der Waals surface area contributed by atoms with Gasteiger partial charge in [0.05, 0.1) is 6.54 Å². The molecule has 1 atom stereocenters. The normalized spacial score (nSPS) is 15.0. The van der Waals surface area contributed by atoms with Crippen LogP contribution in [0.5, 0.6) is 0 Å². The Morgan fingerprint density at radius 3 is 2.41 bits per heavy atom. The van der Waals surface area contributed by atoms with Crippen LogP contribution >= 0.6 is 0 Å². The number of amides is 3. The van der Waals surface area contributed by atoms with Crippen LogP contribution in [0.1, 0.15) is 66.2 Å². The van der Waals surface area contributed by atoms with Crippen molar-refractivity contribution in [3.05, 3.63) is 0 Å². The first-order valence-corrected chi connectivity index (χ1v) is 9.96. The third kappa shape index (κ3) is 11.7. The van der Waals surface area contributed by atoms with Gasteiger partial charge >= 0.3 is 6.09 Å². The predicted molar refractivity (Wildman–Crippen MR) is 109 cm³/mol. The van der Waals surface area contributed by atoms with Gasteiger partial charge in [0.15, 0.2) is 5.66 Å². The van der Waals surface area contributed by atoms with Gasteiger partial charge in [0, 0.05) is 13.0 Å². The van der Waals surface area contributed by atoms with Gasteiger partial charge in [-0.25, -0.2) is 4.79 Å². The van der Waals surface area contributed by atoms with Gasteiger partial charge in [-0.3, -0.25) is 9.59 Å². The molecule has 0 radical (unpaired) electrons. The summed E-state index contributed by atoms with van der Waals surface area (Å²) in [6.07, 6.45) is 8.21. The quantitative estimate of drug-likeness (QED) is 0.339. The summed E-state index contributed by atoms with van der Waals surface area (Å²) in [6.45, 7) is 7.77. The Bertz CT molecular complexity index is 642. The van der Waals surface area contributed by atoms with Gasteiger partial charge in [-0.2, -0.15) is 10.2 Å². The number of alkyl carbamates (subject to hydrolysis) is 1. The maximum absolute atomic E-state index is 12.2. The Hall–Kier alpha value is -2.63. The highest BCUT2D eigenvalue weighted by molar-refractivity contribution is 5.85. The van der Waals surface area contributed by atoms with Crippen molar-refractivity contribution >= 4 is 17.9 Å². The predicted octanol–water partition coefficient (Wildman–Crippen LogP) is 2.27. The molecule has 1 aliphatic heterocycles. The summed E-state index contributed by atoms with van der Waals surface area (Å²) < 4.78 is 5.21. The summed E-state index contributed by atoms with van der Waals surface area (Å²) in [5, 5.41) is 15.8. The Balaban J connectivity index is 2.29. The number of ether oxygens (including phenoxy) is 1. The van der Waals surface area contributed by atoms with Crippen LogP contribution in [0.2, 0.25) is 0 Å². The second kappa shape index (κ2) is 11.4. The highest BCUT2D eigenvalue weighted by Crippen LogP contribution is 2.32. The molecule has 0 saturated carbocycles. The number of hydrogen-bond acceptors (Lipinski definition) is 6. The maximum atomic E-state index is 12.2. The van der Waals surface area contributed by atoms with Crippen molar-refractivity contribution in [3.63, 3.8) is 0 Å². The second-order valence-corrected chi connectivity index (χ2v) is 8.24. The monoisotopic (exact) mass is 407 g/mol. The Kier molecular flexibility index (Phi) is 9.59. The van der Waals surface area contributed by atoms with Crippen molar-refractivity contribution in [1.29, 1.82) is 0 Å². The van der Waals surface area contributed by atoms with E-state index in [-0.39, 0.29) is 24.0 Å². The molecule has 0 aromatic heterocycles. The topological polar surface area (TPSA) is 121 Å². The Morgan fingerprint density at radius 2 is 1.83 bits per heavy atom. The van der Waals surface area contributed by atoms with Gasteiger partial charge in [0.25, 0.3) is 0 Å². The van der Waals surface area contributed by atoms with Crippen molar-refractivity contribution in [2.24, 2.45) is 10.2 Å². The van der Waals surface area contributed by atoms with Crippen LogP contribution in [-0.2, 0) is 14.3 Å². The molecule has 1 rings (SSSR count). The summed E-state index contributed by atoms with van der Waals surface area (Å²) >= 11 is 0. The summed E-state index contributed by atoms with van der Waals surface area (Å²) in [5.41, 5.74) is -0.927. The fourth-order valence-electron chi connectivity index (χ4n) is 2.54. The lowest BCUT2D eigenvalue weighted by molar-refractivity contribution is -0.123. The number of hydrogen-bond donors (Lipinski definition) is 3. The highest BCUT2D eigenvalue weighted by Gasteiger charge is 2.32. The first-order valence-electron chi connectivity index (χ1n) is 9.96. The van der Waals surface area contributed by atoms with Crippen molar-refractivity contribution < 1.29 is 19.1 Å². The number of unbranched alkanes of at least 4 members (excludes halogenated alkanes) is 1. The average Bonchev–Trinajstić information content (AvgIpc) is 3.34. The average molecular weight is 408 g/mol. The number of rotatable bonds is 12. The van der Waals surface area contributed by atoms with Crippen molar-refractivity contribution in [3.8, 4) is 12.3 Å². The molecule has 3 amide bonds. The summed E-state index contributed by atoms with van der Waals surface area (Å²) in [7, 11) is 0. The number of nitrogens with one attached hydrogen (secondary N) is 3. The van der Waals surface area contributed by atoms with E-state index in [4.69, 9.17) is 11.2 Å². The molecule has 0 aliphatic carbocycles. The van der Waals surface area contributed by atoms with E-state index in [1.807, 2.05) is 6.92 Å². The third-order valence-corrected chi connectivity index (χ3v) is 4.11. The molecule has 1 aliphatic rings. The molecule has 1 heterocycles. The fraction of sp³-hybridized carbons (Fsp3) is 0.750. The van der Waals surface area contributed by atoms with Crippen LogP contribution in [0.15, 0.2) is 10.2 Å². The third-order valence-electron chi connectivity index (χ3n) is 4.11. The second-order valence-electron chi connectivity index (χ2n) is 8.24. The van der Waals surface area contributed by atoms with Crippen LogP contribution < -0.4 is 16.0 Å². The molecule has 162 valence electrons. The molecule has 0 saturated heterocycles. The van der Waals surface area contributed by atoms with Crippen LogP contribution in [0.4, 0.5) is 4.79 Å². The van der Waals surface area contributed by atoms with Gasteiger partial charge in [-0.15, -0.1) is 6.42 Å². The van der Waals surface area contributed by atoms with E-state index in [0.29, 0.717) is 32.2 Å². The van der Waals surface area contributed by atoms with E-state index >= 15 is 0 Å². The Labute approximate surface area is 172 Å². The van der Waals surface area contributed by atoms with Crippen LogP contribution in [-0.4, -0.2) is 48.3 Å². The van der Waals surface area contributed by atoms with Crippen molar-refractivity contribution in [2.75, 3.05) is 13.1 Å². The molecule has 3 N–H and O–H groups in total. The Morgan fingerprint density at radius 1 is 1.14 bits per heavy atom. The highest BCUT2D eigenvalue weighted by atomic mass is 16.6. The minimum Gasteiger partial charge on any atom is -0.444 e. The van der Waals surface area contributed by atoms with E-state index in [9.17, 15) is 14.4 Å². The van der Waals surface area contributed by atoms with Gasteiger partial charge in [0.2, 0.25) is 11.8 Å². The SMILES string of the molecule is C#CCNC(=O)C(CCCCNC(=O)CCCC1(C)N=N1)NC(=O)OC(C)(C)C. The molecule has 0 aromatic carbocycles. The van der Waals surface area contributed by atoms with E-state index in [1.54, 1.807) is 20.8 Å². The zero-order chi connectivity index (χ0) is 21.9. The lowest BCUT2D eigenvalue weighted by Gasteiger charge is -2.23. The molecule has 9 nitrogen and oxygen atoms in total. The molecule has 0 bridgehead atoms. The first-order chi connectivity index (χ1) is 13.5. The summed E-state index contributed by atoms with van der Waals surface area (Å²) in [5.74, 6) is 1.96. The number of nitrogens with zero attached hydrogens (tertiary/aromatic N) is 2. The lowest BCUT2D eigenvalue weighted by atomic mass is 10.1. The zero-order valence-corrected chi connectivity index (χ0v) is 17.8. The molecular weight excluding hydrogens is 374 g/mol. The molecule has 29 heavy (non-hydrogen) atoms. The lowest BCUT2D eigenvalue weighted by Crippen LogP contribution is -2.48. The standard InChI is InChI=1S/C20H33N5O4/c1-6-13-22-17(27)15(23-18(28)29-19(2,3)4)10-7-8-14-21-16(26)11-9-12-20(5)24-25-20/h1,15H,7-14H2,2-5H3,(H,21,26)(H,22,27)(H,23,28). The van der Waals surface area contributed by atoms with Gasteiger partial charge in [-0.1, -0.05) is 5.92 Å². The van der Waals surface area contributed by atoms with E-state index in [1.165, 1.54) is 0 Å². The smallest absolute Gasteiger partial charge is 0.408 e. The molecule has 9 heteroatoms. The fourth-order valence-corrected chi connectivity index (χ4v) is 2.54. The van der Waals surface area contributed by atoms with Gasteiger partial charge < -0.3 is 20.7 Å². The van der Waals surface area contributed by atoms with Crippen molar-refractivity contribution in [1.82, 2.24) is 16.0 Å². The summed E-state index contributed by atoms with van der Waals surface area (Å²) in [4.78, 5) is 36.0. The van der Waals surface area contributed by atoms with Crippen LogP contribution in [0.3, 0.4) is 0 Å². The summed E-state index contributed by atoms with van der Waals surface area (Å²) in [6, 6.07) is -0.749. The number of carbonyl (C=O) groups is 3. The van der Waals surface area contributed by atoms with Gasteiger partial charge in [0.1, 0.15) is 11.6 Å². The van der Waals surface area contributed by atoms with E-state index in [0.717, 1.165) is 12.8 Å². The van der Waals surface area contributed by atoms with E-state index < -0.39 is 17.7 Å². The zero-order valence-electron chi connectivity index (χ0n) is 17.8. The minimum atomic E-state index is -0.749. The first kappa shape index (κ1) is 24.4. The molecular formula is C20H33N5O4. The molecule has 0 fully saturated rings. The van der Waals surface area contributed by atoms with E-state index in [2.05, 4.69) is 32.1 Å². The van der Waals surface area contributed by atoms with Gasteiger partial charge in [-0.05, 0) is 59.8 Å². The minimum absolute atomic E-state index is 0.00977. The number of carbonyl (C=O) groups excluding carboxylic acids is 3. The van der Waals surface area contributed by atoms with Crippen LogP contribution in [0, 0.1) is 12.3 Å².